The molecule has 0 radical (unpaired) electrons. The van der Waals surface area contributed by atoms with Gasteiger partial charge in [0.2, 0.25) is 11.1 Å². The first-order valence-electron chi connectivity index (χ1n) is 4.39. The van der Waals surface area contributed by atoms with Crippen LogP contribution in [0.3, 0.4) is 0 Å². The Bertz CT molecular complexity index is 375. The molecule has 15 heavy (non-hydrogen) atoms. The topological polar surface area (TPSA) is 117 Å². The van der Waals surface area contributed by atoms with Crippen LogP contribution in [0.4, 0.5) is 5.95 Å². The van der Waals surface area contributed by atoms with Crippen LogP contribution in [0, 0.1) is 0 Å². The van der Waals surface area contributed by atoms with E-state index in [4.69, 9.17) is 10.8 Å². The van der Waals surface area contributed by atoms with Gasteiger partial charge in [-0.05, 0) is 0 Å². The van der Waals surface area contributed by atoms with Crippen molar-refractivity contribution < 1.29 is 9.90 Å². The van der Waals surface area contributed by atoms with E-state index in [2.05, 4.69) is 20.5 Å². The van der Waals surface area contributed by atoms with Crippen molar-refractivity contribution in [1.82, 2.24) is 20.5 Å². The van der Waals surface area contributed by atoms with Gasteiger partial charge in [-0.15, -0.1) is 5.10 Å². The zero-order valence-electron chi connectivity index (χ0n) is 7.86. The molecule has 1 aromatic rings. The van der Waals surface area contributed by atoms with Crippen LogP contribution in [0.15, 0.2) is 5.16 Å². The molecule has 0 unspecified atom stereocenters. The van der Waals surface area contributed by atoms with Gasteiger partial charge in [-0.1, -0.05) is 11.8 Å². The molecule has 82 valence electrons. The van der Waals surface area contributed by atoms with Crippen molar-refractivity contribution in [2.75, 3.05) is 18.8 Å². The van der Waals surface area contributed by atoms with Crippen LogP contribution >= 0.6 is 11.8 Å². The van der Waals surface area contributed by atoms with E-state index in [1.807, 2.05) is 0 Å². The molecule has 1 aromatic heterocycles. The van der Waals surface area contributed by atoms with Crippen LogP contribution in [-0.2, 0) is 4.79 Å². The summed E-state index contributed by atoms with van der Waals surface area (Å²) in [5.41, 5.74) is 5.38. The number of carbonyl (C=O) groups is 1. The minimum absolute atomic E-state index is 0.0963. The Balaban J connectivity index is 2.04. The van der Waals surface area contributed by atoms with Gasteiger partial charge in [-0.2, -0.15) is 4.98 Å². The van der Waals surface area contributed by atoms with Crippen LogP contribution in [0.25, 0.3) is 0 Å². The van der Waals surface area contributed by atoms with E-state index in [-0.39, 0.29) is 17.1 Å². The maximum Gasteiger partial charge on any atom is 0.304 e. The van der Waals surface area contributed by atoms with E-state index in [1.54, 1.807) is 0 Å². The number of thioether (sulfide) groups is 1. The lowest BCUT2D eigenvalue weighted by molar-refractivity contribution is -0.138. The number of nitrogens with zero attached hydrogens (tertiary/aromatic N) is 2. The van der Waals surface area contributed by atoms with Crippen LogP contribution < -0.4 is 11.1 Å². The number of hydrogen-bond acceptors (Lipinski definition) is 6. The summed E-state index contributed by atoms with van der Waals surface area (Å²) >= 11 is 1.35. The summed E-state index contributed by atoms with van der Waals surface area (Å²) in [6.45, 7) is 1.30. The molecule has 2 rings (SSSR count). The Kier molecular flexibility index (Phi) is 2.53. The number of nitrogens with two attached hydrogens (primary N) is 1. The van der Waals surface area contributed by atoms with Crippen molar-refractivity contribution in [3.63, 3.8) is 0 Å². The van der Waals surface area contributed by atoms with Crippen molar-refractivity contribution in [3.8, 4) is 0 Å². The number of anilines is 1. The molecular weight excluding hydrogens is 218 g/mol. The molecular formula is C7H11N5O2S. The molecule has 0 aliphatic carbocycles. The molecule has 0 atom stereocenters. The van der Waals surface area contributed by atoms with E-state index < -0.39 is 5.97 Å². The number of aromatic amines is 1. The highest BCUT2D eigenvalue weighted by Gasteiger charge is 2.41. The number of rotatable bonds is 4. The van der Waals surface area contributed by atoms with Crippen LogP contribution in [0.1, 0.15) is 6.42 Å². The maximum atomic E-state index is 10.7. The van der Waals surface area contributed by atoms with Gasteiger partial charge in [0.1, 0.15) is 0 Å². The zero-order chi connectivity index (χ0) is 10.9. The Morgan fingerprint density at radius 1 is 1.67 bits per heavy atom. The lowest BCUT2D eigenvalue weighted by atomic mass is 9.98. The van der Waals surface area contributed by atoms with Crippen LogP contribution in [-0.4, -0.2) is 44.1 Å². The SMILES string of the molecule is Nc1nc(SC2(CC(=O)O)CNC2)n[nH]1. The Morgan fingerprint density at radius 3 is 2.80 bits per heavy atom. The van der Waals surface area contributed by atoms with Gasteiger partial charge in [-0.25, -0.2) is 5.10 Å². The minimum atomic E-state index is -0.812. The fourth-order valence-corrected chi connectivity index (χ4v) is 2.58. The van der Waals surface area contributed by atoms with E-state index in [9.17, 15) is 4.79 Å². The fourth-order valence-electron chi connectivity index (χ4n) is 1.41. The van der Waals surface area contributed by atoms with Crippen molar-refractivity contribution in [1.29, 1.82) is 0 Å². The third-order valence-electron chi connectivity index (χ3n) is 2.16. The van der Waals surface area contributed by atoms with Gasteiger partial charge in [0.15, 0.2) is 0 Å². The minimum Gasteiger partial charge on any atom is -0.481 e. The van der Waals surface area contributed by atoms with E-state index in [1.165, 1.54) is 11.8 Å². The number of H-pyrrole nitrogens is 1. The predicted molar refractivity (Wildman–Crippen MR) is 54.5 cm³/mol. The van der Waals surface area contributed by atoms with Crippen LogP contribution in [0.2, 0.25) is 0 Å². The molecule has 2 heterocycles. The molecule has 1 aliphatic heterocycles. The quantitative estimate of drug-likeness (QED) is 0.539. The molecule has 0 saturated carbocycles. The monoisotopic (exact) mass is 229 g/mol. The average Bonchev–Trinajstić information content (AvgIpc) is 2.46. The molecule has 0 aromatic carbocycles. The molecule has 5 N–H and O–H groups in total. The van der Waals surface area contributed by atoms with Gasteiger partial charge in [-0.3, -0.25) is 4.79 Å². The Hall–Kier alpha value is -1.28. The average molecular weight is 229 g/mol. The fraction of sp³-hybridized carbons (Fsp3) is 0.571. The number of aliphatic carboxylic acids is 1. The highest BCUT2D eigenvalue weighted by atomic mass is 32.2. The third-order valence-corrected chi connectivity index (χ3v) is 3.39. The highest BCUT2D eigenvalue weighted by molar-refractivity contribution is 8.00. The first kappa shape index (κ1) is 10.2. The van der Waals surface area contributed by atoms with E-state index in [0.29, 0.717) is 18.2 Å². The highest BCUT2D eigenvalue weighted by Crippen LogP contribution is 2.37. The summed E-state index contributed by atoms with van der Waals surface area (Å²) in [5.74, 6) is -0.567. The van der Waals surface area contributed by atoms with Gasteiger partial charge in [0.25, 0.3) is 0 Å². The van der Waals surface area contributed by atoms with Gasteiger partial charge in [0, 0.05) is 13.1 Å². The van der Waals surface area contributed by atoms with Crippen molar-refractivity contribution in [3.05, 3.63) is 0 Å². The predicted octanol–water partition coefficient (Wildman–Crippen LogP) is -0.704. The van der Waals surface area contributed by atoms with Gasteiger partial charge < -0.3 is 16.2 Å². The lowest BCUT2D eigenvalue weighted by Gasteiger charge is -2.39. The number of aromatic nitrogens is 3. The van der Waals surface area contributed by atoms with E-state index in [0.717, 1.165) is 0 Å². The first-order chi connectivity index (χ1) is 7.10. The lowest BCUT2D eigenvalue weighted by Crippen LogP contribution is -2.58. The Labute approximate surface area is 89.8 Å². The van der Waals surface area contributed by atoms with Gasteiger partial charge >= 0.3 is 5.97 Å². The molecule has 1 fully saturated rings. The summed E-state index contributed by atoms with van der Waals surface area (Å²) in [6, 6.07) is 0. The van der Waals surface area contributed by atoms with Crippen molar-refractivity contribution >= 4 is 23.7 Å². The normalized spacial score (nSPS) is 18.4. The smallest absolute Gasteiger partial charge is 0.304 e. The molecule has 0 amide bonds. The number of hydrogen-bond donors (Lipinski definition) is 4. The molecule has 7 nitrogen and oxygen atoms in total. The number of carboxylic acids is 1. The largest absolute Gasteiger partial charge is 0.481 e. The van der Waals surface area contributed by atoms with Crippen molar-refractivity contribution in [2.45, 2.75) is 16.3 Å². The second-order valence-electron chi connectivity index (χ2n) is 3.46. The summed E-state index contributed by atoms with van der Waals surface area (Å²) in [5, 5.41) is 18.7. The molecule has 1 aliphatic rings. The second-order valence-corrected chi connectivity index (χ2v) is 4.90. The molecule has 8 heteroatoms. The third kappa shape index (κ3) is 2.21. The number of carboxylic acid groups (broad SMARTS) is 1. The summed E-state index contributed by atoms with van der Waals surface area (Å²) in [6.07, 6.45) is 0.0963. The summed E-state index contributed by atoms with van der Waals surface area (Å²) in [7, 11) is 0. The second kappa shape index (κ2) is 3.70. The van der Waals surface area contributed by atoms with Gasteiger partial charge in [0.05, 0.1) is 11.2 Å². The summed E-state index contributed by atoms with van der Waals surface area (Å²) in [4.78, 5) is 14.6. The van der Waals surface area contributed by atoms with Crippen molar-refractivity contribution in [2.24, 2.45) is 0 Å². The standard InChI is InChI=1S/C7H11N5O2S/c8-5-10-6(12-11-5)15-7(1-4(13)14)2-9-3-7/h9H,1-3H2,(H,13,14)(H3,8,10,11,12). The van der Waals surface area contributed by atoms with Crippen LogP contribution in [0.5, 0.6) is 0 Å². The zero-order valence-corrected chi connectivity index (χ0v) is 8.67. The summed E-state index contributed by atoms with van der Waals surface area (Å²) < 4.78 is -0.333. The number of nitrogens with one attached hydrogen (secondary N) is 2. The maximum absolute atomic E-state index is 10.7. The Morgan fingerprint density at radius 2 is 2.40 bits per heavy atom. The first-order valence-corrected chi connectivity index (χ1v) is 5.21. The number of nitrogen functional groups attached to an aromatic ring is 1. The molecule has 0 spiro atoms. The molecule has 1 saturated heterocycles. The van der Waals surface area contributed by atoms with E-state index >= 15 is 0 Å². The molecule has 0 bridgehead atoms.